The molecule has 0 saturated heterocycles. The molecule has 6 heteroatoms. The Kier molecular flexibility index (Phi) is 8.98. The molecule has 0 unspecified atom stereocenters. The van der Waals surface area contributed by atoms with Crippen molar-refractivity contribution in [3.63, 3.8) is 0 Å². The van der Waals surface area contributed by atoms with Crippen LogP contribution in [-0.2, 0) is 9.59 Å². The third-order valence-corrected chi connectivity index (χ3v) is 4.57. The minimum Gasteiger partial charge on any atom is -0.491 e. The molecule has 2 N–H and O–H groups in total. The zero-order valence-electron chi connectivity index (χ0n) is 15.6. The Hall–Kier alpha value is -2.37. The molecule has 0 amide bonds. The van der Waals surface area contributed by atoms with Crippen LogP contribution < -0.4 is 4.74 Å². The molecule has 28 heavy (non-hydrogen) atoms. The quantitative estimate of drug-likeness (QED) is 0.419. The molecule has 1 aliphatic rings. The van der Waals surface area contributed by atoms with Gasteiger partial charge in [0.1, 0.15) is 18.5 Å². The Balaban J connectivity index is 1.85. The van der Waals surface area contributed by atoms with Gasteiger partial charge in [-0.3, -0.25) is 9.59 Å². The Labute approximate surface area is 170 Å². The van der Waals surface area contributed by atoms with Crippen LogP contribution in [0.3, 0.4) is 0 Å². The van der Waals surface area contributed by atoms with Crippen LogP contribution in [0.4, 0.5) is 0 Å². The lowest BCUT2D eigenvalue weighted by atomic mass is 10.1. The maximum atomic E-state index is 12.1. The second kappa shape index (κ2) is 11.5. The third-order valence-electron chi connectivity index (χ3n) is 4.33. The van der Waals surface area contributed by atoms with E-state index in [1.807, 2.05) is 12.2 Å². The second-order valence-electron chi connectivity index (χ2n) is 6.58. The van der Waals surface area contributed by atoms with Crippen molar-refractivity contribution >= 4 is 23.4 Å². The smallest absolute Gasteiger partial charge is 0.303 e. The minimum atomic E-state index is -0.799. The van der Waals surface area contributed by atoms with E-state index < -0.39 is 12.1 Å². The van der Waals surface area contributed by atoms with Crippen molar-refractivity contribution in [3.05, 3.63) is 64.7 Å². The van der Waals surface area contributed by atoms with Crippen LogP contribution in [0.15, 0.2) is 59.7 Å². The largest absolute Gasteiger partial charge is 0.491 e. The maximum Gasteiger partial charge on any atom is 0.303 e. The average molecular weight is 405 g/mol. The van der Waals surface area contributed by atoms with Gasteiger partial charge in [0.15, 0.2) is 5.78 Å². The Morgan fingerprint density at radius 1 is 1.29 bits per heavy atom. The first-order valence-corrected chi connectivity index (χ1v) is 9.70. The SMILES string of the molecule is O=C(O)CCCC=CCC1=C(C=C[C@@H](O)COc2cccc(Cl)c2)CCC1=O. The molecule has 150 valence electrons. The van der Waals surface area contributed by atoms with Gasteiger partial charge in [-0.25, -0.2) is 0 Å². The summed E-state index contributed by atoms with van der Waals surface area (Å²) in [6, 6.07) is 6.96. The monoisotopic (exact) mass is 404 g/mol. The highest BCUT2D eigenvalue weighted by molar-refractivity contribution is 6.30. The van der Waals surface area contributed by atoms with Crippen LogP contribution in [0, 0.1) is 0 Å². The van der Waals surface area contributed by atoms with E-state index in [9.17, 15) is 14.7 Å². The first-order chi connectivity index (χ1) is 13.5. The van der Waals surface area contributed by atoms with Crippen LogP contribution >= 0.6 is 11.6 Å². The zero-order chi connectivity index (χ0) is 20.4. The number of halogens is 1. The minimum absolute atomic E-state index is 0.0941. The number of carbonyl (C=O) groups is 2. The van der Waals surface area contributed by atoms with Crippen molar-refractivity contribution in [2.24, 2.45) is 0 Å². The number of Topliss-reactive ketones (excluding diaryl/α,β-unsaturated/α-hetero) is 1. The normalized spacial score (nSPS) is 15.7. The van der Waals surface area contributed by atoms with Gasteiger partial charge in [0.25, 0.3) is 0 Å². The van der Waals surface area contributed by atoms with E-state index in [4.69, 9.17) is 21.4 Å². The molecule has 0 fully saturated rings. The van der Waals surface area contributed by atoms with Crippen molar-refractivity contribution in [2.75, 3.05) is 6.61 Å². The Morgan fingerprint density at radius 2 is 2.11 bits per heavy atom. The van der Waals surface area contributed by atoms with Gasteiger partial charge in [0, 0.05) is 23.4 Å². The fourth-order valence-corrected chi connectivity index (χ4v) is 3.05. The molecule has 2 rings (SSSR count). The van der Waals surface area contributed by atoms with Crippen molar-refractivity contribution in [3.8, 4) is 5.75 Å². The lowest BCUT2D eigenvalue weighted by molar-refractivity contribution is -0.137. The van der Waals surface area contributed by atoms with Gasteiger partial charge in [-0.05, 0) is 49.5 Å². The van der Waals surface area contributed by atoms with Crippen molar-refractivity contribution in [1.29, 1.82) is 0 Å². The van der Waals surface area contributed by atoms with Gasteiger partial charge in [0.05, 0.1) is 0 Å². The van der Waals surface area contributed by atoms with Gasteiger partial charge in [-0.1, -0.05) is 42.0 Å². The van der Waals surface area contributed by atoms with E-state index in [2.05, 4.69) is 0 Å². The number of carbonyl (C=O) groups excluding carboxylic acids is 1. The molecule has 5 nitrogen and oxygen atoms in total. The molecular formula is C22H25ClO5. The number of unbranched alkanes of at least 4 members (excludes halogenated alkanes) is 1. The third kappa shape index (κ3) is 7.71. The molecule has 0 aliphatic heterocycles. The fourth-order valence-electron chi connectivity index (χ4n) is 2.87. The lowest BCUT2D eigenvalue weighted by Crippen LogP contribution is -2.14. The number of aliphatic hydroxyl groups is 1. The van der Waals surface area contributed by atoms with Crippen LogP contribution in [0.25, 0.3) is 0 Å². The van der Waals surface area contributed by atoms with Gasteiger partial charge in [0.2, 0.25) is 0 Å². The summed E-state index contributed by atoms with van der Waals surface area (Å²) in [6.45, 7) is 0.0941. The number of benzene rings is 1. The number of ketones is 1. The highest BCUT2D eigenvalue weighted by Crippen LogP contribution is 2.27. The summed E-state index contributed by atoms with van der Waals surface area (Å²) >= 11 is 5.89. The number of aliphatic carboxylic acids is 1. The molecule has 1 aromatic carbocycles. The van der Waals surface area contributed by atoms with Crippen LogP contribution in [0.2, 0.25) is 5.02 Å². The molecule has 0 bridgehead atoms. The fraction of sp³-hybridized carbons (Fsp3) is 0.364. The van der Waals surface area contributed by atoms with Crippen molar-refractivity contribution < 1.29 is 24.5 Å². The van der Waals surface area contributed by atoms with E-state index in [1.165, 1.54) is 0 Å². The summed E-state index contributed by atoms with van der Waals surface area (Å²) in [7, 11) is 0. The molecule has 1 atom stereocenters. The molecule has 0 radical (unpaired) electrons. The van der Waals surface area contributed by atoms with E-state index in [0.717, 1.165) is 11.1 Å². The first-order valence-electron chi connectivity index (χ1n) is 9.32. The van der Waals surface area contributed by atoms with Crippen molar-refractivity contribution in [2.45, 2.75) is 44.6 Å². The number of carboxylic acid groups (broad SMARTS) is 1. The predicted molar refractivity (Wildman–Crippen MR) is 109 cm³/mol. The summed E-state index contributed by atoms with van der Waals surface area (Å²) in [5.41, 5.74) is 1.69. The predicted octanol–water partition coefficient (Wildman–Crippen LogP) is 4.50. The van der Waals surface area contributed by atoms with Crippen molar-refractivity contribution in [1.82, 2.24) is 0 Å². The maximum absolute atomic E-state index is 12.1. The van der Waals surface area contributed by atoms with Gasteiger partial charge < -0.3 is 14.9 Å². The number of hydrogen-bond acceptors (Lipinski definition) is 4. The highest BCUT2D eigenvalue weighted by atomic mass is 35.5. The van der Waals surface area contributed by atoms with Gasteiger partial charge in [-0.15, -0.1) is 0 Å². The summed E-state index contributed by atoms with van der Waals surface area (Å²) < 4.78 is 5.51. The summed E-state index contributed by atoms with van der Waals surface area (Å²) in [5, 5.41) is 19.3. The first kappa shape index (κ1) is 21.9. The van der Waals surface area contributed by atoms with Crippen LogP contribution in [-0.4, -0.2) is 34.7 Å². The van der Waals surface area contributed by atoms with Gasteiger partial charge >= 0.3 is 5.97 Å². The number of hydrogen-bond donors (Lipinski definition) is 2. The molecule has 0 heterocycles. The molecule has 0 aromatic heterocycles. The second-order valence-corrected chi connectivity index (χ2v) is 7.02. The molecule has 1 aromatic rings. The number of carboxylic acids is 1. The van der Waals surface area contributed by atoms with Gasteiger partial charge in [-0.2, -0.15) is 0 Å². The number of allylic oxidation sites excluding steroid dienone is 5. The van der Waals surface area contributed by atoms with Crippen LogP contribution in [0.1, 0.15) is 38.5 Å². The van der Waals surface area contributed by atoms with E-state index in [-0.39, 0.29) is 18.8 Å². The standard InChI is InChI=1S/C22H25ClO5/c23-17-6-5-7-19(14-17)28-15-18(24)12-10-16-11-13-21(25)20(16)8-3-1-2-4-9-22(26)27/h1,3,5-7,10,12,14,18,24H,2,4,8-9,11,13,15H2,(H,26,27)/t18-/m1/s1. The van der Waals surface area contributed by atoms with E-state index in [0.29, 0.717) is 42.9 Å². The van der Waals surface area contributed by atoms with E-state index >= 15 is 0 Å². The summed E-state index contributed by atoms with van der Waals surface area (Å²) in [6.07, 6.45) is 9.55. The Morgan fingerprint density at radius 3 is 2.86 bits per heavy atom. The van der Waals surface area contributed by atoms with Crippen LogP contribution in [0.5, 0.6) is 5.75 Å². The topological polar surface area (TPSA) is 83.8 Å². The zero-order valence-corrected chi connectivity index (χ0v) is 16.4. The highest BCUT2D eigenvalue weighted by Gasteiger charge is 2.20. The summed E-state index contributed by atoms with van der Waals surface area (Å²) in [5.74, 6) is -0.0872. The average Bonchev–Trinajstić information content (AvgIpc) is 3.01. The number of aliphatic hydroxyl groups excluding tert-OH is 1. The number of rotatable bonds is 11. The van der Waals surface area contributed by atoms with E-state index in [1.54, 1.807) is 36.4 Å². The molecule has 0 saturated carbocycles. The lowest BCUT2D eigenvalue weighted by Gasteiger charge is -2.09. The Bertz CT molecular complexity index is 779. The molecule has 0 spiro atoms. The molecule has 1 aliphatic carbocycles. The molecular weight excluding hydrogens is 380 g/mol. The number of ether oxygens (including phenoxy) is 1. The summed E-state index contributed by atoms with van der Waals surface area (Å²) in [4.78, 5) is 22.6.